The summed E-state index contributed by atoms with van der Waals surface area (Å²) in [7, 11) is 0. The molecule has 4 rings (SSSR count). The molecule has 0 radical (unpaired) electrons. The smallest absolute Gasteiger partial charge is 0.292 e. The highest BCUT2D eigenvalue weighted by atomic mass is 16.2. The van der Waals surface area contributed by atoms with Crippen LogP contribution >= 0.6 is 0 Å². The molecular weight excluding hydrogens is 300 g/mol. The van der Waals surface area contributed by atoms with E-state index in [1.807, 2.05) is 54.6 Å². The summed E-state index contributed by atoms with van der Waals surface area (Å²) in [6.45, 7) is 0. The first kappa shape index (κ1) is 14.1. The second-order valence-corrected chi connectivity index (χ2v) is 5.32. The van der Waals surface area contributed by atoms with Crippen molar-refractivity contribution in [3.63, 3.8) is 0 Å². The quantitative estimate of drug-likeness (QED) is 0.755. The second-order valence-electron chi connectivity index (χ2n) is 5.32. The van der Waals surface area contributed by atoms with Gasteiger partial charge in [-0.2, -0.15) is 0 Å². The molecule has 0 saturated heterocycles. The number of benzene rings is 2. The molecule has 1 amide bonds. The number of aliphatic imine (C=N–C) groups is 1. The molecule has 0 spiro atoms. The molecule has 2 N–H and O–H groups in total. The van der Waals surface area contributed by atoms with Gasteiger partial charge >= 0.3 is 0 Å². The van der Waals surface area contributed by atoms with Crippen molar-refractivity contribution in [2.24, 2.45) is 4.99 Å². The molecule has 0 unspecified atom stereocenters. The highest BCUT2D eigenvalue weighted by Crippen LogP contribution is 2.37. The zero-order chi connectivity index (χ0) is 16.4. The Morgan fingerprint density at radius 2 is 1.62 bits per heavy atom. The van der Waals surface area contributed by atoms with Crippen LogP contribution in [-0.4, -0.2) is 16.7 Å². The van der Waals surface area contributed by atoms with Crippen LogP contribution in [0.15, 0.2) is 77.9 Å². The van der Waals surface area contributed by atoms with E-state index in [0.717, 1.165) is 22.5 Å². The molecule has 0 fully saturated rings. The molecule has 3 aromatic rings. The fourth-order valence-corrected chi connectivity index (χ4v) is 2.62. The maximum atomic E-state index is 12.6. The third-order valence-corrected chi connectivity index (χ3v) is 3.73. The van der Waals surface area contributed by atoms with E-state index in [-0.39, 0.29) is 11.7 Å². The van der Waals surface area contributed by atoms with Gasteiger partial charge in [-0.15, -0.1) is 0 Å². The molecule has 5 nitrogen and oxygen atoms in total. The van der Waals surface area contributed by atoms with Gasteiger partial charge in [0, 0.05) is 23.0 Å². The number of rotatable bonds is 2. The minimum atomic E-state index is -0.333. The highest BCUT2D eigenvalue weighted by Gasteiger charge is 2.20. The lowest BCUT2D eigenvalue weighted by Gasteiger charge is -2.10. The number of carbonyl (C=O) groups is 1. The Hall–Kier alpha value is -3.47. The van der Waals surface area contributed by atoms with Crippen molar-refractivity contribution in [3.05, 3.63) is 72.9 Å². The Labute approximate surface area is 139 Å². The van der Waals surface area contributed by atoms with Gasteiger partial charge in [-0.05, 0) is 24.3 Å². The van der Waals surface area contributed by atoms with Gasteiger partial charge in [0.05, 0.1) is 5.69 Å². The Bertz CT molecular complexity index is 935. The molecule has 2 heterocycles. The summed E-state index contributed by atoms with van der Waals surface area (Å²) >= 11 is 0. The molecule has 0 bridgehead atoms. The van der Waals surface area contributed by atoms with E-state index < -0.39 is 0 Å². The van der Waals surface area contributed by atoms with E-state index in [1.165, 1.54) is 0 Å². The van der Waals surface area contributed by atoms with Crippen LogP contribution in [0, 0.1) is 0 Å². The molecule has 2 aromatic carbocycles. The number of amides is 1. The number of nitrogens with zero attached hydrogens (tertiary/aromatic N) is 2. The monoisotopic (exact) mass is 314 g/mol. The number of para-hydroxylation sites is 2. The van der Waals surface area contributed by atoms with Gasteiger partial charge in [0.25, 0.3) is 5.91 Å². The molecule has 0 saturated carbocycles. The summed E-state index contributed by atoms with van der Waals surface area (Å²) in [5, 5.41) is 5.89. The van der Waals surface area contributed by atoms with Crippen LogP contribution < -0.4 is 10.6 Å². The summed E-state index contributed by atoms with van der Waals surface area (Å²) in [6.07, 6.45) is 1.63. The number of aromatic nitrogens is 1. The summed E-state index contributed by atoms with van der Waals surface area (Å²) in [5.41, 5.74) is 3.59. The second kappa shape index (κ2) is 5.96. The lowest BCUT2D eigenvalue weighted by molar-refractivity contribution is -0.110. The van der Waals surface area contributed by atoms with E-state index in [2.05, 4.69) is 20.6 Å². The van der Waals surface area contributed by atoms with Crippen molar-refractivity contribution in [1.82, 2.24) is 4.98 Å². The van der Waals surface area contributed by atoms with E-state index in [1.54, 1.807) is 18.3 Å². The van der Waals surface area contributed by atoms with E-state index in [4.69, 9.17) is 0 Å². The van der Waals surface area contributed by atoms with Crippen molar-refractivity contribution >= 4 is 28.9 Å². The summed E-state index contributed by atoms with van der Waals surface area (Å²) in [6, 6.07) is 20.9. The van der Waals surface area contributed by atoms with Gasteiger partial charge in [0.2, 0.25) is 0 Å². The average molecular weight is 314 g/mol. The van der Waals surface area contributed by atoms with Gasteiger partial charge in [-0.3, -0.25) is 4.79 Å². The van der Waals surface area contributed by atoms with Gasteiger partial charge in [0.1, 0.15) is 5.82 Å². The van der Waals surface area contributed by atoms with Crippen molar-refractivity contribution in [2.45, 2.75) is 0 Å². The standard InChI is InChI=1S/C19H14N4O/c24-19(23-17-11-5-6-12-20-17)18-21-15-9-3-1-7-13(15)14-8-2-4-10-16(14)22-18/h1-12H,(H,21,22)(H,20,23,24). The Balaban J connectivity index is 1.75. The van der Waals surface area contributed by atoms with Crippen LogP contribution in [0.3, 0.4) is 0 Å². The molecule has 116 valence electrons. The lowest BCUT2D eigenvalue weighted by Crippen LogP contribution is -2.29. The first-order valence-electron chi connectivity index (χ1n) is 7.58. The third-order valence-electron chi connectivity index (χ3n) is 3.73. The minimum absolute atomic E-state index is 0.234. The molecule has 0 atom stereocenters. The first-order chi connectivity index (χ1) is 11.8. The number of pyridine rings is 1. The normalized spacial score (nSPS) is 12.1. The zero-order valence-electron chi connectivity index (χ0n) is 12.7. The van der Waals surface area contributed by atoms with Crippen LogP contribution in [0.5, 0.6) is 0 Å². The summed E-state index contributed by atoms with van der Waals surface area (Å²) < 4.78 is 0. The molecule has 1 aromatic heterocycles. The fourth-order valence-electron chi connectivity index (χ4n) is 2.62. The maximum Gasteiger partial charge on any atom is 0.292 e. The van der Waals surface area contributed by atoms with Crippen molar-refractivity contribution < 1.29 is 4.79 Å². The lowest BCUT2D eigenvalue weighted by atomic mass is 10.0. The van der Waals surface area contributed by atoms with Gasteiger partial charge < -0.3 is 10.6 Å². The Kier molecular flexibility index (Phi) is 3.51. The van der Waals surface area contributed by atoms with Crippen LogP contribution in [0.4, 0.5) is 17.2 Å². The van der Waals surface area contributed by atoms with Crippen LogP contribution in [-0.2, 0) is 4.79 Å². The van der Waals surface area contributed by atoms with E-state index in [9.17, 15) is 4.79 Å². The maximum absolute atomic E-state index is 12.6. The van der Waals surface area contributed by atoms with Crippen molar-refractivity contribution in [1.29, 1.82) is 0 Å². The van der Waals surface area contributed by atoms with E-state index in [0.29, 0.717) is 5.82 Å². The number of fused-ring (bicyclic) bond motifs is 3. The number of amidine groups is 1. The molecule has 5 heteroatoms. The van der Waals surface area contributed by atoms with Gasteiger partial charge in [-0.25, -0.2) is 9.98 Å². The van der Waals surface area contributed by atoms with Crippen LogP contribution in [0.25, 0.3) is 11.1 Å². The molecule has 1 aliphatic heterocycles. The topological polar surface area (TPSA) is 66.4 Å². The van der Waals surface area contributed by atoms with E-state index >= 15 is 0 Å². The predicted octanol–water partition coefficient (Wildman–Crippen LogP) is 3.84. The van der Waals surface area contributed by atoms with Crippen molar-refractivity contribution in [2.75, 3.05) is 10.6 Å². The highest BCUT2D eigenvalue weighted by molar-refractivity contribution is 6.47. The number of nitrogens with one attached hydrogen (secondary N) is 2. The first-order valence-corrected chi connectivity index (χ1v) is 7.58. The molecule has 1 aliphatic rings. The number of hydrogen-bond acceptors (Lipinski definition) is 4. The predicted molar refractivity (Wildman–Crippen MR) is 95.5 cm³/mol. The van der Waals surface area contributed by atoms with Crippen LogP contribution in [0.2, 0.25) is 0 Å². The fraction of sp³-hybridized carbons (Fsp3) is 0. The van der Waals surface area contributed by atoms with Gasteiger partial charge in [0.15, 0.2) is 5.84 Å². The Morgan fingerprint density at radius 3 is 2.46 bits per heavy atom. The SMILES string of the molecule is O=C(Nc1ccccn1)C1=Nc2ccccc2-c2ccccc2N1. The van der Waals surface area contributed by atoms with Gasteiger partial charge in [-0.1, -0.05) is 42.5 Å². The molecule has 0 aliphatic carbocycles. The Morgan fingerprint density at radius 1 is 0.875 bits per heavy atom. The largest absolute Gasteiger partial charge is 0.335 e. The number of carbonyl (C=O) groups excluding carboxylic acids is 1. The third kappa shape index (κ3) is 2.63. The zero-order valence-corrected chi connectivity index (χ0v) is 12.7. The number of anilines is 2. The minimum Gasteiger partial charge on any atom is -0.335 e. The average Bonchev–Trinajstić information content (AvgIpc) is 2.79. The van der Waals surface area contributed by atoms with Crippen LogP contribution in [0.1, 0.15) is 0 Å². The molecular formula is C19H14N4O. The molecule has 24 heavy (non-hydrogen) atoms. The summed E-state index contributed by atoms with van der Waals surface area (Å²) in [4.78, 5) is 21.2. The van der Waals surface area contributed by atoms with Crippen molar-refractivity contribution in [3.8, 4) is 11.1 Å². The number of hydrogen-bond donors (Lipinski definition) is 2. The summed E-state index contributed by atoms with van der Waals surface area (Å²) in [5.74, 6) is 0.385.